The zero-order valence-corrected chi connectivity index (χ0v) is 17.0. The van der Waals surface area contributed by atoms with E-state index in [-0.39, 0.29) is 24.0 Å². The van der Waals surface area contributed by atoms with Gasteiger partial charge in [0.05, 0.1) is 12.7 Å². The van der Waals surface area contributed by atoms with E-state index in [0.29, 0.717) is 24.6 Å². The van der Waals surface area contributed by atoms with Gasteiger partial charge in [-0.1, -0.05) is 30.3 Å². The van der Waals surface area contributed by atoms with E-state index in [1.807, 2.05) is 42.5 Å². The first-order chi connectivity index (χ1) is 14.7. The molecule has 156 valence electrons. The topological polar surface area (TPSA) is 61.9 Å². The number of carbonyl (C=O) groups excluding carboxylic acids is 2. The second kappa shape index (κ2) is 8.20. The molecule has 3 saturated heterocycles. The molecule has 0 aromatic heterocycles. The number of hydrogen-bond acceptors (Lipinski definition) is 4. The van der Waals surface area contributed by atoms with Crippen LogP contribution in [0, 0.1) is 0 Å². The quantitative estimate of drug-likeness (QED) is 0.850. The molecule has 30 heavy (non-hydrogen) atoms. The molecule has 3 aliphatic rings. The molecule has 0 unspecified atom stereocenters. The van der Waals surface area contributed by atoms with Crippen LogP contribution in [0.25, 0.3) is 0 Å². The second-order valence-electron chi connectivity index (χ2n) is 8.44. The van der Waals surface area contributed by atoms with Crippen molar-refractivity contribution >= 4 is 17.5 Å². The van der Waals surface area contributed by atoms with Gasteiger partial charge in [-0.05, 0) is 42.7 Å². The number of fused-ring (bicyclic) bond motifs is 1. The molecule has 3 heterocycles. The second-order valence-corrected chi connectivity index (χ2v) is 8.44. The first kappa shape index (κ1) is 19.3. The molecule has 0 bridgehead atoms. The summed E-state index contributed by atoms with van der Waals surface area (Å²) < 4.78 is 6.10. The lowest BCUT2D eigenvalue weighted by molar-refractivity contribution is -0.117. The van der Waals surface area contributed by atoms with Gasteiger partial charge in [0.1, 0.15) is 0 Å². The summed E-state index contributed by atoms with van der Waals surface area (Å²) in [5.41, 5.74) is 2.71. The van der Waals surface area contributed by atoms with E-state index in [1.165, 1.54) is 5.56 Å². The summed E-state index contributed by atoms with van der Waals surface area (Å²) in [5, 5.41) is 3.19. The van der Waals surface area contributed by atoms with Gasteiger partial charge in [0.2, 0.25) is 5.91 Å². The molecule has 6 nitrogen and oxygen atoms in total. The Morgan fingerprint density at radius 1 is 1.03 bits per heavy atom. The number of nitrogens with one attached hydrogen (secondary N) is 1. The first-order valence-electron chi connectivity index (χ1n) is 10.8. The number of benzene rings is 2. The minimum Gasteiger partial charge on any atom is -0.371 e. The zero-order chi connectivity index (χ0) is 20.5. The van der Waals surface area contributed by atoms with Crippen molar-refractivity contribution in [3.05, 3.63) is 65.7 Å². The van der Waals surface area contributed by atoms with Crippen molar-refractivity contribution in [2.45, 2.75) is 37.5 Å². The Labute approximate surface area is 176 Å². The molecule has 0 aliphatic carbocycles. The third kappa shape index (κ3) is 3.85. The fourth-order valence-corrected chi connectivity index (χ4v) is 4.83. The highest BCUT2D eigenvalue weighted by atomic mass is 16.5. The molecule has 2 aromatic carbocycles. The van der Waals surface area contributed by atoms with E-state index in [9.17, 15) is 9.59 Å². The van der Waals surface area contributed by atoms with Gasteiger partial charge in [-0.25, -0.2) is 0 Å². The molecule has 0 saturated carbocycles. The first-order valence-corrected chi connectivity index (χ1v) is 10.8. The van der Waals surface area contributed by atoms with Crippen LogP contribution in [0.15, 0.2) is 54.6 Å². The zero-order valence-electron chi connectivity index (χ0n) is 17.0. The fourth-order valence-electron chi connectivity index (χ4n) is 4.83. The minimum atomic E-state index is -0.0559. The normalized spacial score (nSPS) is 26.6. The molecule has 1 N–H and O–H groups in total. The Kier molecular flexibility index (Phi) is 5.27. The van der Waals surface area contributed by atoms with E-state index >= 15 is 0 Å². The number of carbonyl (C=O) groups is 2. The molecule has 0 spiro atoms. The summed E-state index contributed by atoms with van der Waals surface area (Å²) in [6, 6.07) is 18.2. The number of ether oxygens (including phenoxy) is 1. The van der Waals surface area contributed by atoms with E-state index in [2.05, 4.69) is 22.3 Å². The van der Waals surface area contributed by atoms with Gasteiger partial charge in [-0.3, -0.25) is 14.5 Å². The molecular weight excluding hydrogens is 378 g/mol. The van der Waals surface area contributed by atoms with Gasteiger partial charge in [-0.15, -0.1) is 0 Å². The Bertz CT molecular complexity index is 915. The van der Waals surface area contributed by atoms with Crippen LogP contribution >= 0.6 is 0 Å². The Morgan fingerprint density at radius 2 is 1.83 bits per heavy atom. The Hall–Kier alpha value is -2.70. The SMILES string of the molecule is O=C(N[C@@H]1C[C@H]2CO[C@@H](c3ccccc3)CN2C1)c1ccc(N2CCCC2=O)cc1. The molecular formula is C24H27N3O3. The van der Waals surface area contributed by atoms with Crippen molar-refractivity contribution in [3.63, 3.8) is 0 Å². The molecule has 0 radical (unpaired) electrons. The average Bonchev–Trinajstić information content (AvgIpc) is 3.39. The van der Waals surface area contributed by atoms with Gasteiger partial charge in [0.15, 0.2) is 0 Å². The molecule has 2 amide bonds. The highest BCUT2D eigenvalue weighted by molar-refractivity contribution is 5.97. The maximum absolute atomic E-state index is 12.7. The van der Waals surface area contributed by atoms with Crippen LogP contribution in [0.2, 0.25) is 0 Å². The van der Waals surface area contributed by atoms with Crippen LogP contribution in [0.5, 0.6) is 0 Å². The number of rotatable bonds is 4. The lowest BCUT2D eigenvalue weighted by Crippen LogP contribution is -2.43. The molecule has 2 aromatic rings. The van der Waals surface area contributed by atoms with Crippen molar-refractivity contribution in [3.8, 4) is 0 Å². The van der Waals surface area contributed by atoms with Gasteiger partial charge >= 0.3 is 0 Å². The summed E-state index contributed by atoms with van der Waals surface area (Å²) in [6.07, 6.45) is 2.51. The molecule has 3 fully saturated rings. The van der Waals surface area contributed by atoms with Gasteiger partial charge in [-0.2, -0.15) is 0 Å². The van der Waals surface area contributed by atoms with Gasteiger partial charge in [0.25, 0.3) is 5.91 Å². The van der Waals surface area contributed by atoms with E-state index < -0.39 is 0 Å². The lowest BCUT2D eigenvalue weighted by Gasteiger charge is -2.35. The van der Waals surface area contributed by atoms with Crippen molar-refractivity contribution < 1.29 is 14.3 Å². The molecule has 3 aliphatic heterocycles. The maximum Gasteiger partial charge on any atom is 0.251 e. The third-order valence-corrected chi connectivity index (χ3v) is 6.44. The van der Waals surface area contributed by atoms with Crippen LogP contribution in [0.4, 0.5) is 5.69 Å². The standard InChI is InChI=1S/C24H27N3O3/c28-23-7-4-12-27(23)20-10-8-18(9-11-20)24(29)25-19-13-21-16-30-22(15-26(21)14-19)17-5-2-1-3-6-17/h1-3,5-6,8-11,19,21-22H,4,7,12-16H2,(H,25,29)/t19-,21+,22-/m1/s1. The number of anilines is 1. The van der Waals surface area contributed by atoms with Crippen molar-refractivity contribution in [2.75, 3.05) is 31.1 Å². The summed E-state index contributed by atoms with van der Waals surface area (Å²) in [5.74, 6) is 0.102. The van der Waals surface area contributed by atoms with Crippen LogP contribution in [0.3, 0.4) is 0 Å². The Morgan fingerprint density at radius 3 is 2.57 bits per heavy atom. The van der Waals surface area contributed by atoms with Crippen LogP contribution in [-0.2, 0) is 9.53 Å². The van der Waals surface area contributed by atoms with E-state index in [0.717, 1.165) is 38.2 Å². The van der Waals surface area contributed by atoms with Crippen LogP contribution < -0.4 is 10.2 Å². The highest BCUT2D eigenvalue weighted by Crippen LogP contribution is 2.30. The lowest BCUT2D eigenvalue weighted by atomic mass is 10.1. The summed E-state index contributed by atoms with van der Waals surface area (Å²) in [6.45, 7) is 3.17. The summed E-state index contributed by atoms with van der Waals surface area (Å²) in [4.78, 5) is 28.9. The number of hydrogen-bond donors (Lipinski definition) is 1. The van der Waals surface area contributed by atoms with Crippen molar-refractivity contribution in [1.82, 2.24) is 10.2 Å². The summed E-state index contributed by atoms with van der Waals surface area (Å²) >= 11 is 0. The van der Waals surface area contributed by atoms with E-state index in [1.54, 1.807) is 4.90 Å². The fraction of sp³-hybridized carbons (Fsp3) is 0.417. The van der Waals surface area contributed by atoms with Gasteiger partial charge < -0.3 is 15.0 Å². The largest absolute Gasteiger partial charge is 0.371 e. The third-order valence-electron chi connectivity index (χ3n) is 6.44. The number of nitrogens with zero attached hydrogens (tertiary/aromatic N) is 2. The van der Waals surface area contributed by atoms with Crippen LogP contribution in [-0.4, -0.2) is 55.0 Å². The van der Waals surface area contributed by atoms with E-state index in [4.69, 9.17) is 4.74 Å². The smallest absolute Gasteiger partial charge is 0.251 e. The molecule has 3 atom stereocenters. The average molecular weight is 405 g/mol. The minimum absolute atomic E-state index is 0.0559. The molecule has 5 rings (SSSR count). The number of morpholine rings is 1. The predicted octanol–water partition coefficient (Wildman–Crippen LogP) is 2.76. The maximum atomic E-state index is 12.7. The van der Waals surface area contributed by atoms with Crippen molar-refractivity contribution in [2.24, 2.45) is 0 Å². The Balaban J connectivity index is 1.18. The molecule has 6 heteroatoms. The number of amides is 2. The van der Waals surface area contributed by atoms with Gasteiger partial charge in [0, 0.05) is 49.4 Å². The van der Waals surface area contributed by atoms with Crippen LogP contribution in [0.1, 0.15) is 41.3 Å². The summed E-state index contributed by atoms with van der Waals surface area (Å²) in [7, 11) is 0. The predicted molar refractivity (Wildman–Crippen MR) is 114 cm³/mol. The van der Waals surface area contributed by atoms with Crippen molar-refractivity contribution in [1.29, 1.82) is 0 Å². The monoisotopic (exact) mass is 405 g/mol. The highest BCUT2D eigenvalue weighted by Gasteiger charge is 2.38.